The van der Waals surface area contributed by atoms with Gasteiger partial charge in [0.1, 0.15) is 10.7 Å². The van der Waals surface area contributed by atoms with Gasteiger partial charge in [-0.15, -0.1) is 0 Å². The first-order chi connectivity index (χ1) is 14.1. The molecule has 0 aliphatic carbocycles. The minimum absolute atomic E-state index is 0.0453. The van der Waals surface area contributed by atoms with Crippen LogP contribution in [-0.4, -0.2) is 36.6 Å². The molecular formula is C18H16Cl2FN3O5S. The summed E-state index contributed by atoms with van der Waals surface area (Å²) in [6.45, 7) is 0.0905. The summed E-state index contributed by atoms with van der Waals surface area (Å²) in [7, 11) is -4.06. The van der Waals surface area contributed by atoms with Crippen LogP contribution in [0.15, 0.2) is 41.3 Å². The molecule has 1 saturated heterocycles. The quantitative estimate of drug-likeness (QED) is 0.517. The Morgan fingerprint density at radius 1 is 1.13 bits per heavy atom. The summed E-state index contributed by atoms with van der Waals surface area (Å²) >= 11 is 11.7. The fourth-order valence-electron chi connectivity index (χ4n) is 3.12. The Morgan fingerprint density at radius 3 is 2.40 bits per heavy atom. The first kappa shape index (κ1) is 22.4. The van der Waals surface area contributed by atoms with Gasteiger partial charge in [0, 0.05) is 36.8 Å². The van der Waals surface area contributed by atoms with Gasteiger partial charge in [0.25, 0.3) is 5.69 Å². The molecule has 1 N–H and O–H groups in total. The number of non-ortho nitro benzene ring substituents is 1. The molecule has 8 nitrogen and oxygen atoms in total. The second-order valence-electron chi connectivity index (χ2n) is 6.67. The van der Waals surface area contributed by atoms with Crippen LogP contribution in [0.1, 0.15) is 12.8 Å². The van der Waals surface area contributed by atoms with Crippen LogP contribution in [0.2, 0.25) is 10.0 Å². The highest BCUT2D eigenvalue weighted by molar-refractivity contribution is 7.89. The molecule has 2 aromatic rings. The topological polar surface area (TPSA) is 110 Å². The molecule has 30 heavy (non-hydrogen) atoms. The van der Waals surface area contributed by atoms with E-state index in [1.54, 1.807) is 0 Å². The first-order valence-corrected chi connectivity index (χ1v) is 11.0. The SMILES string of the molecule is O=C(Nc1ccc(F)c(Cl)c1)C1CCN(S(=O)(=O)c2cc([N+](=O)[O-])ccc2Cl)CC1. The highest BCUT2D eigenvalue weighted by Gasteiger charge is 2.34. The van der Waals surface area contributed by atoms with Crippen molar-refractivity contribution in [3.8, 4) is 0 Å². The Bertz CT molecular complexity index is 1100. The van der Waals surface area contributed by atoms with Crippen LogP contribution < -0.4 is 5.32 Å². The number of piperidine rings is 1. The maximum absolute atomic E-state index is 13.2. The van der Waals surface area contributed by atoms with E-state index in [0.717, 1.165) is 22.5 Å². The molecule has 12 heteroatoms. The lowest BCUT2D eigenvalue weighted by molar-refractivity contribution is -0.385. The van der Waals surface area contributed by atoms with Crippen molar-refractivity contribution in [3.63, 3.8) is 0 Å². The summed E-state index contributed by atoms with van der Waals surface area (Å²) in [6, 6.07) is 7.02. The summed E-state index contributed by atoms with van der Waals surface area (Å²) < 4.78 is 40.2. The van der Waals surface area contributed by atoms with Crippen molar-refractivity contribution >= 4 is 50.5 Å². The van der Waals surface area contributed by atoms with Crippen molar-refractivity contribution in [1.29, 1.82) is 0 Å². The monoisotopic (exact) mass is 475 g/mol. The van der Waals surface area contributed by atoms with Crippen molar-refractivity contribution in [2.75, 3.05) is 18.4 Å². The molecule has 0 bridgehead atoms. The van der Waals surface area contributed by atoms with Gasteiger partial charge < -0.3 is 5.32 Å². The number of nitro groups is 1. The number of nitro benzene ring substituents is 1. The second kappa shape index (κ2) is 8.84. The lowest BCUT2D eigenvalue weighted by Gasteiger charge is -2.30. The average molecular weight is 476 g/mol. The van der Waals surface area contributed by atoms with Crippen LogP contribution in [-0.2, 0) is 14.8 Å². The third-order valence-corrected chi connectivity index (χ3v) is 7.43. The molecule has 0 saturated carbocycles. The van der Waals surface area contributed by atoms with Crippen LogP contribution >= 0.6 is 23.2 Å². The Hall–Kier alpha value is -2.27. The summed E-state index contributed by atoms with van der Waals surface area (Å²) in [6.07, 6.45) is 0.485. The normalized spacial score (nSPS) is 15.7. The number of hydrogen-bond acceptors (Lipinski definition) is 5. The van der Waals surface area contributed by atoms with Crippen molar-refractivity contribution in [1.82, 2.24) is 4.31 Å². The number of rotatable bonds is 5. The van der Waals surface area contributed by atoms with Crippen molar-refractivity contribution in [3.05, 3.63) is 62.4 Å². The highest BCUT2D eigenvalue weighted by Crippen LogP contribution is 2.31. The van der Waals surface area contributed by atoms with Crippen LogP contribution in [0, 0.1) is 21.8 Å². The van der Waals surface area contributed by atoms with Crippen molar-refractivity contribution < 1.29 is 22.5 Å². The first-order valence-electron chi connectivity index (χ1n) is 8.79. The molecule has 2 aromatic carbocycles. The number of benzene rings is 2. The van der Waals surface area contributed by atoms with Gasteiger partial charge in [-0.25, -0.2) is 12.8 Å². The number of halogens is 3. The molecule has 160 valence electrons. The summed E-state index contributed by atoms with van der Waals surface area (Å²) in [5, 5.41) is 13.4. The van der Waals surface area contributed by atoms with Crippen LogP contribution in [0.25, 0.3) is 0 Å². The third-order valence-electron chi connectivity index (χ3n) is 4.76. The molecule has 0 spiro atoms. The van der Waals surface area contributed by atoms with Gasteiger partial charge >= 0.3 is 0 Å². The van der Waals surface area contributed by atoms with E-state index >= 15 is 0 Å². The van der Waals surface area contributed by atoms with Gasteiger partial charge in [0.15, 0.2) is 0 Å². The molecule has 1 aliphatic heterocycles. The molecule has 1 amide bonds. The number of nitrogens with zero attached hydrogens (tertiary/aromatic N) is 2. The van der Waals surface area contributed by atoms with Crippen molar-refractivity contribution in [2.45, 2.75) is 17.7 Å². The molecular weight excluding hydrogens is 460 g/mol. The zero-order valence-electron chi connectivity index (χ0n) is 15.3. The highest BCUT2D eigenvalue weighted by atomic mass is 35.5. The van der Waals surface area contributed by atoms with E-state index < -0.39 is 26.7 Å². The van der Waals surface area contributed by atoms with Crippen LogP contribution in [0.4, 0.5) is 15.8 Å². The largest absolute Gasteiger partial charge is 0.326 e. The van der Waals surface area contributed by atoms with E-state index in [0.29, 0.717) is 5.69 Å². The second-order valence-corrected chi connectivity index (χ2v) is 9.39. The summed E-state index contributed by atoms with van der Waals surface area (Å²) in [5.74, 6) is -1.39. The Labute approximate surface area is 181 Å². The number of anilines is 1. The van der Waals surface area contributed by atoms with Crippen LogP contribution in [0.3, 0.4) is 0 Å². The lowest BCUT2D eigenvalue weighted by Crippen LogP contribution is -2.41. The van der Waals surface area contributed by atoms with Gasteiger partial charge in [0.2, 0.25) is 15.9 Å². The number of carbonyl (C=O) groups excluding carboxylic acids is 1. The molecule has 3 rings (SSSR count). The van der Waals surface area contributed by atoms with Gasteiger partial charge in [-0.3, -0.25) is 14.9 Å². The fourth-order valence-corrected chi connectivity index (χ4v) is 5.26. The fraction of sp³-hybridized carbons (Fsp3) is 0.278. The molecule has 0 aromatic heterocycles. The Morgan fingerprint density at radius 2 is 1.80 bits per heavy atom. The van der Waals surface area contributed by atoms with Crippen molar-refractivity contribution in [2.24, 2.45) is 5.92 Å². The average Bonchev–Trinajstić information content (AvgIpc) is 2.70. The molecule has 1 fully saturated rings. The number of amides is 1. The minimum Gasteiger partial charge on any atom is -0.326 e. The maximum Gasteiger partial charge on any atom is 0.270 e. The molecule has 0 atom stereocenters. The van der Waals surface area contributed by atoms with E-state index in [9.17, 15) is 27.7 Å². The smallest absolute Gasteiger partial charge is 0.270 e. The third kappa shape index (κ3) is 4.72. The molecule has 0 unspecified atom stereocenters. The predicted molar refractivity (Wildman–Crippen MR) is 110 cm³/mol. The number of nitrogens with one attached hydrogen (secondary N) is 1. The van der Waals surface area contributed by atoms with Crippen LogP contribution in [0.5, 0.6) is 0 Å². The van der Waals surface area contributed by atoms with Gasteiger partial charge in [-0.1, -0.05) is 23.2 Å². The van der Waals surface area contributed by atoms with E-state index in [2.05, 4.69) is 5.32 Å². The Balaban J connectivity index is 1.68. The van der Waals surface area contributed by atoms with E-state index in [-0.39, 0.29) is 52.5 Å². The number of carbonyl (C=O) groups is 1. The van der Waals surface area contributed by atoms with E-state index in [1.165, 1.54) is 18.2 Å². The van der Waals surface area contributed by atoms with E-state index in [1.807, 2.05) is 0 Å². The van der Waals surface area contributed by atoms with Gasteiger partial charge in [0.05, 0.1) is 15.0 Å². The minimum atomic E-state index is -4.06. The predicted octanol–water partition coefficient (Wildman–Crippen LogP) is 4.08. The lowest BCUT2D eigenvalue weighted by atomic mass is 9.97. The van der Waals surface area contributed by atoms with E-state index in [4.69, 9.17) is 23.2 Å². The van der Waals surface area contributed by atoms with Gasteiger partial charge in [-0.2, -0.15) is 4.31 Å². The molecule has 0 radical (unpaired) electrons. The number of sulfonamides is 1. The number of hydrogen-bond donors (Lipinski definition) is 1. The maximum atomic E-state index is 13.2. The zero-order chi connectivity index (χ0) is 22.1. The summed E-state index contributed by atoms with van der Waals surface area (Å²) in [4.78, 5) is 22.4. The zero-order valence-corrected chi connectivity index (χ0v) is 17.7. The Kier molecular flexibility index (Phi) is 6.61. The standard InChI is InChI=1S/C18H16Cl2FN3O5S/c19-14-3-2-13(24(26)27)10-17(14)30(28,29)23-7-5-11(6-8-23)18(25)22-12-1-4-16(21)15(20)9-12/h1-4,9-11H,5-8H2,(H,22,25). The summed E-state index contributed by atoms with van der Waals surface area (Å²) in [5.41, 5.74) is -0.0463. The molecule has 1 aliphatic rings. The molecule has 1 heterocycles. The van der Waals surface area contributed by atoms with Gasteiger partial charge in [-0.05, 0) is 37.1 Å².